The Morgan fingerprint density at radius 3 is 2.42 bits per heavy atom. The van der Waals surface area contributed by atoms with Gasteiger partial charge in [0.25, 0.3) is 5.91 Å². The molecular weight excluding hydrogens is 420 g/mol. The van der Waals surface area contributed by atoms with E-state index in [2.05, 4.69) is 24.3 Å². The molecule has 0 bridgehead atoms. The average Bonchev–Trinajstić information content (AvgIpc) is 3.09. The summed E-state index contributed by atoms with van der Waals surface area (Å²) >= 11 is 0. The quantitative estimate of drug-likeness (QED) is 0.508. The van der Waals surface area contributed by atoms with Crippen molar-refractivity contribution in [1.82, 2.24) is 9.78 Å². The fourth-order valence-corrected chi connectivity index (χ4v) is 3.87. The summed E-state index contributed by atoms with van der Waals surface area (Å²) in [7, 11) is 3.42. The first-order valence-corrected chi connectivity index (χ1v) is 10.8. The van der Waals surface area contributed by atoms with E-state index in [4.69, 9.17) is 4.74 Å². The third-order valence-electron chi connectivity index (χ3n) is 5.78. The van der Waals surface area contributed by atoms with Gasteiger partial charge < -0.3 is 20.1 Å². The van der Waals surface area contributed by atoms with Gasteiger partial charge in [-0.2, -0.15) is 5.10 Å². The highest BCUT2D eigenvalue weighted by Gasteiger charge is 2.17. The lowest BCUT2D eigenvalue weighted by Gasteiger charge is -2.22. The van der Waals surface area contributed by atoms with Crippen molar-refractivity contribution in [3.05, 3.63) is 70.5 Å². The Bertz CT molecular complexity index is 1150. The van der Waals surface area contributed by atoms with E-state index >= 15 is 0 Å². The minimum atomic E-state index is -1.05. The number of benzene rings is 2. The zero-order chi connectivity index (χ0) is 24.1. The predicted molar refractivity (Wildman–Crippen MR) is 129 cm³/mol. The van der Waals surface area contributed by atoms with Crippen LogP contribution in [0.25, 0.3) is 0 Å². The molecule has 3 rings (SSSR count). The molecular formula is C25H30N4O4. The van der Waals surface area contributed by atoms with Crippen LogP contribution >= 0.6 is 0 Å². The number of carboxylic acid groups (broad SMARTS) is 1. The normalized spacial score (nSPS) is 10.7. The molecule has 0 spiro atoms. The van der Waals surface area contributed by atoms with Crippen LogP contribution in [-0.2, 0) is 13.0 Å². The molecule has 33 heavy (non-hydrogen) atoms. The number of aromatic nitrogens is 2. The molecule has 1 heterocycles. The number of ether oxygens (including phenoxy) is 1. The lowest BCUT2D eigenvalue weighted by atomic mass is 10.1. The van der Waals surface area contributed by atoms with Gasteiger partial charge in [0, 0.05) is 37.1 Å². The Morgan fingerprint density at radius 2 is 1.85 bits per heavy atom. The summed E-state index contributed by atoms with van der Waals surface area (Å²) in [6, 6.07) is 11.6. The van der Waals surface area contributed by atoms with Gasteiger partial charge in [0.1, 0.15) is 5.75 Å². The maximum Gasteiger partial charge on any atom is 0.337 e. The molecule has 8 nitrogen and oxygen atoms in total. The maximum atomic E-state index is 12.5. The Balaban J connectivity index is 1.75. The Kier molecular flexibility index (Phi) is 7.37. The van der Waals surface area contributed by atoms with Crippen LogP contribution in [0.3, 0.4) is 0 Å². The van der Waals surface area contributed by atoms with Gasteiger partial charge in [-0.05, 0) is 75.2 Å². The fraction of sp³-hybridized carbons (Fsp3) is 0.320. The van der Waals surface area contributed by atoms with Crippen molar-refractivity contribution in [1.29, 1.82) is 0 Å². The molecule has 0 saturated carbocycles. The number of hydrogen-bond acceptors (Lipinski definition) is 5. The van der Waals surface area contributed by atoms with E-state index < -0.39 is 5.97 Å². The van der Waals surface area contributed by atoms with Gasteiger partial charge in [-0.1, -0.05) is 0 Å². The van der Waals surface area contributed by atoms with Gasteiger partial charge >= 0.3 is 5.97 Å². The molecule has 1 aromatic heterocycles. The number of likely N-dealkylation sites (N-methyl/N-ethyl adjacent to an activating group) is 1. The topological polar surface area (TPSA) is 96.7 Å². The van der Waals surface area contributed by atoms with Crippen LogP contribution in [0.4, 0.5) is 11.4 Å². The van der Waals surface area contributed by atoms with Gasteiger partial charge in [0.15, 0.2) is 0 Å². The van der Waals surface area contributed by atoms with E-state index in [9.17, 15) is 14.7 Å². The van der Waals surface area contributed by atoms with Crippen molar-refractivity contribution in [3.8, 4) is 5.75 Å². The van der Waals surface area contributed by atoms with Crippen molar-refractivity contribution in [2.24, 2.45) is 0 Å². The minimum Gasteiger partial charge on any atom is -0.497 e. The monoisotopic (exact) mass is 450 g/mol. The molecule has 0 fully saturated rings. The van der Waals surface area contributed by atoms with Gasteiger partial charge in [-0.3, -0.25) is 9.48 Å². The number of nitrogens with one attached hydrogen (secondary N) is 1. The summed E-state index contributed by atoms with van der Waals surface area (Å²) in [5, 5.41) is 17.1. The standard InChI is InChI=1S/C25H30N4O4/c1-6-29-17(3)21(16(2)27-29)13-14-28(4)23-12-9-19(15-22(23)25(31)32)26-24(30)18-7-10-20(33-5)11-8-18/h7-12,15H,6,13-14H2,1-5H3,(H,26,30)(H,31,32). The molecule has 0 aliphatic carbocycles. The van der Waals surface area contributed by atoms with Crippen LogP contribution in [0.1, 0.15) is 44.6 Å². The Hall–Kier alpha value is -3.81. The Labute approximate surface area is 193 Å². The second-order valence-electron chi connectivity index (χ2n) is 7.86. The van der Waals surface area contributed by atoms with Crippen LogP contribution in [0.5, 0.6) is 5.75 Å². The average molecular weight is 451 g/mol. The number of rotatable bonds is 9. The van der Waals surface area contributed by atoms with Crippen LogP contribution in [0.15, 0.2) is 42.5 Å². The van der Waals surface area contributed by atoms with Crippen molar-refractivity contribution in [2.75, 3.05) is 30.9 Å². The predicted octanol–water partition coefficient (Wildman–Crippen LogP) is 4.16. The number of nitrogens with zero attached hydrogens (tertiary/aromatic N) is 3. The zero-order valence-corrected chi connectivity index (χ0v) is 19.7. The van der Waals surface area contributed by atoms with Gasteiger partial charge in [0.2, 0.25) is 0 Å². The number of aryl methyl sites for hydroxylation is 2. The molecule has 8 heteroatoms. The third-order valence-corrected chi connectivity index (χ3v) is 5.78. The SMILES string of the molecule is CCn1nc(C)c(CCN(C)c2ccc(NC(=O)c3ccc(OC)cc3)cc2C(=O)O)c1C. The van der Waals surface area contributed by atoms with E-state index in [-0.39, 0.29) is 11.5 Å². The highest BCUT2D eigenvalue weighted by molar-refractivity contribution is 6.05. The van der Waals surface area contributed by atoms with Gasteiger partial charge in [0.05, 0.1) is 24.1 Å². The first-order valence-electron chi connectivity index (χ1n) is 10.8. The number of methoxy groups -OCH3 is 1. The highest BCUT2D eigenvalue weighted by atomic mass is 16.5. The van der Waals surface area contributed by atoms with E-state index in [0.29, 0.717) is 29.2 Å². The van der Waals surface area contributed by atoms with Crippen molar-refractivity contribution in [3.63, 3.8) is 0 Å². The van der Waals surface area contributed by atoms with E-state index in [0.717, 1.165) is 24.4 Å². The van der Waals surface area contributed by atoms with Crippen LogP contribution in [-0.4, -0.2) is 47.5 Å². The summed E-state index contributed by atoms with van der Waals surface area (Å²) in [5.41, 5.74) is 4.90. The van der Waals surface area contributed by atoms with Crippen LogP contribution in [0.2, 0.25) is 0 Å². The largest absolute Gasteiger partial charge is 0.497 e. The molecule has 2 aromatic carbocycles. The zero-order valence-electron chi connectivity index (χ0n) is 19.7. The number of aromatic carboxylic acids is 1. The number of anilines is 2. The molecule has 0 radical (unpaired) electrons. The molecule has 0 atom stereocenters. The number of amides is 1. The van der Waals surface area contributed by atoms with Crippen LogP contribution in [0, 0.1) is 13.8 Å². The molecule has 0 aliphatic heterocycles. The molecule has 174 valence electrons. The number of carboxylic acids is 1. The minimum absolute atomic E-state index is 0.128. The highest BCUT2D eigenvalue weighted by Crippen LogP contribution is 2.25. The third kappa shape index (κ3) is 5.34. The number of carbonyl (C=O) groups is 2. The van der Waals surface area contributed by atoms with Crippen molar-refractivity contribution < 1.29 is 19.4 Å². The lowest BCUT2D eigenvalue weighted by Crippen LogP contribution is -2.23. The van der Waals surface area contributed by atoms with E-state index in [1.165, 1.54) is 11.6 Å². The fourth-order valence-electron chi connectivity index (χ4n) is 3.87. The molecule has 0 unspecified atom stereocenters. The summed E-state index contributed by atoms with van der Waals surface area (Å²) < 4.78 is 7.09. The summed E-state index contributed by atoms with van der Waals surface area (Å²) in [4.78, 5) is 26.4. The lowest BCUT2D eigenvalue weighted by molar-refractivity contribution is 0.0697. The molecule has 1 amide bonds. The van der Waals surface area contributed by atoms with Gasteiger partial charge in [-0.25, -0.2) is 4.79 Å². The molecule has 2 N–H and O–H groups in total. The molecule has 0 saturated heterocycles. The molecule has 0 aliphatic rings. The van der Waals surface area contributed by atoms with Crippen LogP contribution < -0.4 is 15.0 Å². The van der Waals surface area contributed by atoms with E-state index in [1.54, 1.807) is 43.5 Å². The van der Waals surface area contributed by atoms with Crippen molar-refractivity contribution in [2.45, 2.75) is 33.7 Å². The summed E-state index contributed by atoms with van der Waals surface area (Å²) in [6.07, 6.45) is 0.753. The first-order chi connectivity index (χ1) is 15.7. The number of carbonyl (C=O) groups excluding carboxylic acids is 1. The second kappa shape index (κ2) is 10.2. The van der Waals surface area contributed by atoms with Crippen molar-refractivity contribution >= 4 is 23.3 Å². The maximum absolute atomic E-state index is 12.5. The Morgan fingerprint density at radius 1 is 1.15 bits per heavy atom. The second-order valence-corrected chi connectivity index (χ2v) is 7.86. The molecule has 3 aromatic rings. The van der Waals surface area contributed by atoms with Gasteiger partial charge in [-0.15, -0.1) is 0 Å². The van der Waals surface area contributed by atoms with E-state index in [1.807, 2.05) is 23.6 Å². The number of hydrogen-bond donors (Lipinski definition) is 2. The summed E-state index contributed by atoms with van der Waals surface area (Å²) in [6.45, 7) is 7.56. The summed E-state index contributed by atoms with van der Waals surface area (Å²) in [5.74, 6) is -0.725. The smallest absolute Gasteiger partial charge is 0.337 e. The first kappa shape index (κ1) is 23.8.